The lowest BCUT2D eigenvalue weighted by Crippen LogP contribution is -2.20. The molecule has 0 fully saturated rings. The van der Waals surface area contributed by atoms with Gasteiger partial charge in [-0.15, -0.1) is 11.3 Å². The monoisotopic (exact) mass is 283 g/mol. The van der Waals surface area contributed by atoms with Gasteiger partial charge in [-0.25, -0.2) is 4.98 Å². The molecule has 0 aromatic carbocycles. The SMILES string of the molecule is CNC(=O)c1c(N)nsc1NCCc1cscn1. The molecule has 0 atom stereocenters. The van der Waals surface area contributed by atoms with Gasteiger partial charge in [-0.05, 0) is 11.5 Å². The summed E-state index contributed by atoms with van der Waals surface area (Å²) in [5.41, 5.74) is 8.92. The number of amides is 1. The Bertz CT molecular complexity index is 522. The van der Waals surface area contributed by atoms with Crippen LogP contribution in [0.25, 0.3) is 0 Å². The van der Waals surface area contributed by atoms with Crippen LogP contribution in [-0.4, -0.2) is 28.9 Å². The molecule has 0 unspecified atom stereocenters. The molecule has 0 bridgehead atoms. The molecule has 0 saturated heterocycles. The fourth-order valence-corrected chi connectivity index (χ4v) is 2.76. The predicted octanol–water partition coefficient (Wildman–Crippen LogP) is 1.20. The predicted molar refractivity (Wildman–Crippen MR) is 74.2 cm³/mol. The van der Waals surface area contributed by atoms with Gasteiger partial charge in [-0.3, -0.25) is 4.79 Å². The van der Waals surface area contributed by atoms with Crippen molar-refractivity contribution in [1.29, 1.82) is 0 Å². The highest BCUT2D eigenvalue weighted by atomic mass is 32.1. The van der Waals surface area contributed by atoms with E-state index in [4.69, 9.17) is 5.73 Å². The number of nitrogens with two attached hydrogens (primary N) is 1. The van der Waals surface area contributed by atoms with E-state index in [0.29, 0.717) is 17.1 Å². The maximum atomic E-state index is 11.6. The third-order valence-corrected chi connectivity index (χ3v) is 3.78. The Kier molecular flexibility index (Phi) is 4.11. The standard InChI is InChI=1S/C10H13N5OS2/c1-12-9(16)7-8(11)15-18-10(7)13-3-2-6-4-17-5-14-6/h4-5,13H,2-3H2,1H3,(H2,11,15)(H,12,16). The van der Waals surface area contributed by atoms with Crippen LogP contribution in [0.3, 0.4) is 0 Å². The lowest BCUT2D eigenvalue weighted by Gasteiger charge is -2.05. The number of hydrogen-bond donors (Lipinski definition) is 3. The van der Waals surface area contributed by atoms with E-state index in [9.17, 15) is 4.79 Å². The zero-order valence-electron chi connectivity index (χ0n) is 9.77. The van der Waals surface area contributed by atoms with E-state index in [1.165, 1.54) is 11.5 Å². The number of nitrogens with zero attached hydrogens (tertiary/aromatic N) is 2. The largest absolute Gasteiger partial charge is 0.382 e. The second-order valence-corrected chi connectivity index (χ2v) is 5.00. The lowest BCUT2D eigenvalue weighted by atomic mass is 10.3. The van der Waals surface area contributed by atoms with Crippen molar-refractivity contribution in [2.24, 2.45) is 0 Å². The van der Waals surface area contributed by atoms with Crippen molar-refractivity contribution in [1.82, 2.24) is 14.7 Å². The van der Waals surface area contributed by atoms with Crippen molar-refractivity contribution >= 4 is 39.6 Å². The Morgan fingerprint density at radius 1 is 1.56 bits per heavy atom. The number of rotatable bonds is 5. The summed E-state index contributed by atoms with van der Waals surface area (Å²) in [7, 11) is 1.57. The van der Waals surface area contributed by atoms with E-state index in [1.54, 1.807) is 23.9 Å². The Morgan fingerprint density at radius 2 is 2.39 bits per heavy atom. The number of anilines is 2. The third kappa shape index (κ3) is 2.77. The minimum atomic E-state index is -0.225. The highest BCUT2D eigenvalue weighted by Crippen LogP contribution is 2.26. The summed E-state index contributed by atoms with van der Waals surface area (Å²) in [5, 5.41) is 8.42. The maximum absolute atomic E-state index is 11.6. The molecule has 4 N–H and O–H groups in total. The summed E-state index contributed by atoms with van der Waals surface area (Å²) in [6.45, 7) is 0.690. The molecular formula is C10H13N5OS2. The fraction of sp³-hybridized carbons (Fsp3) is 0.300. The van der Waals surface area contributed by atoms with Gasteiger partial charge in [0.05, 0.1) is 11.2 Å². The van der Waals surface area contributed by atoms with Crippen LogP contribution < -0.4 is 16.4 Å². The first-order valence-corrected chi connectivity index (χ1v) is 7.02. The third-order valence-electron chi connectivity index (χ3n) is 2.32. The molecular weight excluding hydrogens is 270 g/mol. The van der Waals surface area contributed by atoms with E-state index in [1.807, 2.05) is 5.38 Å². The Morgan fingerprint density at radius 3 is 3.06 bits per heavy atom. The van der Waals surface area contributed by atoms with Crippen molar-refractivity contribution in [3.05, 3.63) is 22.1 Å². The minimum Gasteiger partial charge on any atom is -0.382 e. The van der Waals surface area contributed by atoms with Crippen LogP contribution in [0.4, 0.5) is 10.8 Å². The summed E-state index contributed by atoms with van der Waals surface area (Å²) in [6, 6.07) is 0. The summed E-state index contributed by atoms with van der Waals surface area (Å²) in [6.07, 6.45) is 0.800. The number of hydrogen-bond acceptors (Lipinski definition) is 7. The minimum absolute atomic E-state index is 0.225. The molecule has 0 aliphatic rings. The molecule has 2 rings (SSSR count). The van der Waals surface area contributed by atoms with E-state index in [0.717, 1.165) is 12.1 Å². The van der Waals surface area contributed by atoms with E-state index in [2.05, 4.69) is 20.0 Å². The van der Waals surface area contributed by atoms with Crippen LogP contribution in [0.2, 0.25) is 0 Å². The average molecular weight is 283 g/mol. The van der Waals surface area contributed by atoms with Crippen molar-refractivity contribution in [3.8, 4) is 0 Å². The second kappa shape index (κ2) is 5.78. The molecule has 0 aliphatic carbocycles. The van der Waals surface area contributed by atoms with Crippen LogP contribution in [0.1, 0.15) is 16.1 Å². The molecule has 0 aliphatic heterocycles. The summed E-state index contributed by atoms with van der Waals surface area (Å²) in [5.74, 6) is 0.0351. The quantitative estimate of drug-likeness (QED) is 0.766. The van der Waals surface area contributed by atoms with Gasteiger partial charge >= 0.3 is 0 Å². The molecule has 2 aromatic rings. The van der Waals surface area contributed by atoms with Crippen LogP contribution in [0.15, 0.2) is 10.9 Å². The number of nitrogens with one attached hydrogen (secondary N) is 2. The van der Waals surface area contributed by atoms with Gasteiger partial charge in [0.2, 0.25) is 0 Å². The first kappa shape index (κ1) is 12.8. The van der Waals surface area contributed by atoms with Gasteiger partial charge in [0, 0.05) is 25.4 Å². The van der Waals surface area contributed by atoms with Gasteiger partial charge in [-0.2, -0.15) is 4.37 Å². The van der Waals surface area contributed by atoms with Crippen molar-refractivity contribution in [2.75, 3.05) is 24.6 Å². The van der Waals surface area contributed by atoms with Crippen LogP contribution in [0, 0.1) is 0 Å². The topological polar surface area (TPSA) is 92.9 Å². The molecule has 1 amide bonds. The molecule has 0 spiro atoms. The molecule has 96 valence electrons. The van der Waals surface area contributed by atoms with Gasteiger partial charge in [0.1, 0.15) is 10.6 Å². The van der Waals surface area contributed by atoms with E-state index >= 15 is 0 Å². The molecule has 0 saturated carbocycles. The van der Waals surface area contributed by atoms with Crippen LogP contribution in [0.5, 0.6) is 0 Å². The van der Waals surface area contributed by atoms with Crippen molar-refractivity contribution in [3.63, 3.8) is 0 Å². The number of thiazole rings is 1. The Labute approximate surface area is 112 Å². The molecule has 2 heterocycles. The van der Waals surface area contributed by atoms with Gasteiger partial charge in [-0.1, -0.05) is 0 Å². The molecule has 18 heavy (non-hydrogen) atoms. The summed E-state index contributed by atoms with van der Waals surface area (Å²) >= 11 is 2.76. The number of carbonyl (C=O) groups excluding carboxylic acids is 1. The molecule has 6 nitrogen and oxygen atoms in total. The van der Waals surface area contributed by atoms with Crippen LogP contribution in [-0.2, 0) is 6.42 Å². The molecule has 8 heteroatoms. The van der Waals surface area contributed by atoms with Gasteiger partial charge in [0.15, 0.2) is 5.82 Å². The zero-order valence-corrected chi connectivity index (χ0v) is 11.4. The Hall–Kier alpha value is -1.67. The van der Waals surface area contributed by atoms with E-state index in [-0.39, 0.29) is 11.7 Å². The Balaban J connectivity index is 1.99. The zero-order chi connectivity index (χ0) is 13.0. The fourth-order valence-electron chi connectivity index (χ4n) is 1.43. The summed E-state index contributed by atoms with van der Waals surface area (Å²) in [4.78, 5) is 15.8. The maximum Gasteiger partial charge on any atom is 0.257 e. The first-order chi connectivity index (χ1) is 8.72. The summed E-state index contributed by atoms with van der Waals surface area (Å²) < 4.78 is 3.98. The highest BCUT2D eigenvalue weighted by molar-refractivity contribution is 7.11. The lowest BCUT2D eigenvalue weighted by molar-refractivity contribution is 0.0965. The highest BCUT2D eigenvalue weighted by Gasteiger charge is 2.17. The second-order valence-electron chi connectivity index (χ2n) is 3.51. The number of nitrogen functional groups attached to an aromatic ring is 1. The average Bonchev–Trinajstić information content (AvgIpc) is 2.99. The van der Waals surface area contributed by atoms with Gasteiger partial charge in [0.25, 0.3) is 5.91 Å². The first-order valence-electron chi connectivity index (χ1n) is 5.30. The molecule has 2 aromatic heterocycles. The molecule has 0 radical (unpaired) electrons. The normalized spacial score (nSPS) is 10.3. The van der Waals surface area contributed by atoms with Crippen molar-refractivity contribution in [2.45, 2.75) is 6.42 Å². The van der Waals surface area contributed by atoms with Crippen LogP contribution >= 0.6 is 22.9 Å². The number of carbonyl (C=O) groups is 1. The van der Waals surface area contributed by atoms with Crippen molar-refractivity contribution < 1.29 is 4.79 Å². The van der Waals surface area contributed by atoms with E-state index < -0.39 is 0 Å². The smallest absolute Gasteiger partial charge is 0.257 e. The number of aromatic nitrogens is 2. The van der Waals surface area contributed by atoms with Gasteiger partial charge < -0.3 is 16.4 Å².